The number of hydrogen-bond donors (Lipinski definition) is 1. The highest BCUT2D eigenvalue weighted by molar-refractivity contribution is 5.66. The number of rotatable bonds is 4. The van der Waals surface area contributed by atoms with Crippen LogP contribution in [0.5, 0.6) is 0 Å². The first kappa shape index (κ1) is 16.0. The molecule has 2 fully saturated rings. The molecule has 2 aromatic rings. The van der Waals surface area contributed by atoms with E-state index in [1.165, 1.54) is 0 Å². The van der Waals surface area contributed by atoms with Crippen LogP contribution in [0, 0.1) is 0 Å². The number of carboxylic acids is 1. The van der Waals surface area contributed by atoms with Gasteiger partial charge in [-0.15, -0.1) is 10.2 Å². The fourth-order valence-electron chi connectivity index (χ4n) is 3.26. The number of nitrogens with zero attached hydrogens (tertiary/aromatic N) is 5. The summed E-state index contributed by atoms with van der Waals surface area (Å²) in [4.78, 5) is 14.0. The van der Waals surface area contributed by atoms with Gasteiger partial charge in [-0.05, 0) is 29.5 Å². The van der Waals surface area contributed by atoms with E-state index >= 15 is 0 Å². The van der Waals surface area contributed by atoms with Crippen LogP contribution in [-0.2, 0) is 20.8 Å². The van der Waals surface area contributed by atoms with Gasteiger partial charge in [0.15, 0.2) is 12.3 Å². The molecule has 3 heterocycles. The van der Waals surface area contributed by atoms with Gasteiger partial charge in [0.05, 0.1) is 13.2 Å². The zero-order chi connectivity index (χ0) is 17.3. The molecule has 9 heteroatoms. The normalized spacial score (nSPS) is 19.4. The average molecular weight is 345 g/mol. The van der Waals surface area contributed by atoms with Gasteiger partial charge in [0.2, 0.25) is 5.82 Å². The van der Waals surface area contributed by atoms with Gasteiger partial charge in [-0.2, -0.15) is 4.80 Å². The minimum absolute atomic E-state index is 0.301. The van der Waals surface area contributed by atoms with E-state index in [-0.39, 0.29) is 12.3 Å². The summed E-state index contributed by atoms with van der Waals surface area (Å²) in [5.41, 5.74) is 1.92. The van der Waals surface area contributed by atoms with Crippen LogP contribution in [0.2, 0.25) is 0 Å². The predicted octanol–water partition coefficient (Wildman–Crippen LogP) is 0.768. The minimum Gasteiger partial charge on any atom is -0.480 e. The Bertz CT molecular complexity index is 744. The Balaban J connectivity index is 1.42. The van der Waals surface area contributed by atoms with Crippen LogP contribution in [0.4, 0.5) is 5.69 Å². The second-order valence-electron chi connectivity index (χ2n) is 6.18. The quantitative estimate of drug-likeness (QED) is 0.867. The van der Waals surface area contributed by atoms with Crippen LogP contribution in [0.25, 0.3) is 11.4 Å². The van der Waals surface area contributed by atoms with Crippen molar-refractivity contribution in [3.63, 3.8) is 0 Å². The molecule has 0 bridgehead atoms. The maximum absolute atomic E-state index is 10.7. The molecule has 0 atom stereocenters. The number of aliphatic carboxylic acids is 1. The van der Waals surface area contributed by atoms with Gasteiger partial charge in [0.1, 0.15) is 0 Å². The number of benzene rings is 1. The lowest BCUT2D eigenvalue weighted by Crippen LogP contribution is -2.45. The van der Waals surface area contributed by atoms with Gasteiger partial charge in [-0.25, -0.2) is 0 Å². The zero-order valence-corrected chi connectivity index (χ0v) is 13.7. The van der Waals surface area contributed by atoms with E-state index in [0.717, 1.165) is 42.0 Å². The average Bonchev–Trinajstić information content (AvgIpc) is 3.26. The maximum Gasteiger partial charge on any atom is 0.327 e. The lowest BCUT2D eigenvalue weighted by molar-refractivity contribution is -0.169. The molecule has 9 nitrogen and oxygen atoms in total. The van der Waals surface area contributed by atoms with Crippen molar-refractivity contribution in [2.24, 2.45) is 0 Å². The summed E-state index contributed by atoms with van der Waals surface area (Å²) in [6.45, 7) is 2.83. The molecular weight excluding hydrogens is 326 g/mol. The summed E-state index contributed by atoms with van der Waals surface area (Å²) < 4.78 is 11.5. The van der Waals surface area contributed by atoms with Crippen molar-refractivity contribution < 1.29 is 19.4 Å². The summed E-state index contributed by atoms with van der Waals surface area (Å²) >= 11 is 0. The largest absolute Gasteiger partial charge is 0.480 e. The topological polar surface area (TPSA) is 103 Å². The van der Waals surface area contributed by atoms with Crippen molar-refractivity contribution in [2.45, 2.75) is 25.2 Å². The molecule has 2 saturated heterocycles. The first-order valence-corrected chi connectivity index (χ1v) is 8.26. The number of carboxylic acid groups (broad SMARTS) is 1. The fraction of sp³-hybridized carbons (Fsp3) is 0.500. The summed E-state index contributed by atoms with van der Waals surface area (Å²) in [7, 11) is 0. The molecule has 1 aromatic carbocycles. The second-order valence-corrected chi connectivity index (χ2v) is 6.18. The Morgan fingerprint density at radius 3 is 2.48 bits per heavy atom. The van der Waals surface area contributed by atoms with Gasteiger partial charge >= 0.3 is 5.97 Å². The standard InChI is InChI=1S/C16H19N5O4/c22-14(23)11-21-18-15(17-19-21)12-1-3-13(4-2-12)20-7-5-16(6-8-20)24-9-10-25-16/h1-4H,5-11H2,(H,22,23). The van der Waals surface area contributed by atoms with Gasteiger partial charge < -0.3 is 19.5 Å². The zero-order valence-electron chi connectivity index (χ0n) is 13.7. The van der Waals surface area contributed by atoms with Crippen molar-refractivity contribution in [3.8, 4) is 11.4 Å². The summed E-state index contributed by atoms with van der Waals surface area (Å²) in [6.07, 6.45) is 1.72. The molecule has 1 spiro atoms. The van der Waals surface area contributed by atoms with E-state index in [2.05, 4.69) is 20.3 Å². The summed E-state index contributed by atoms with van der Waals surface area (Å²) in [6, 6.07) is 7.87. The molecule has 0 saturated carbocycles. The molecule has 0 aliphatic carbocycles. The number of hydrogen-bond acceptors (Lipinski definition) is 7. The van der Waals surface area contributed by atoms with Crippen LogP contribution in [0.1, 0.15) is 12.8 Å². The Kier molecular flexibility index (Phi) is 4.10. The molecule has 2 aliphatic rings. The molecular formula is C16H19N5O4. The number of anilines is 1. The Labute approximate surface area is 144 Å². The molecule has 0 amide bonds. The van der Waals surface area contributed by atoms with Crippen LogP contribution in [-0.4, -0.2) is 63.4 Å². The first-order chi connectivity index (χ1) is 12.1. The lowest BCUT2D eigenvalue weighted by Gasteiger charge is -2.38. The number of ether oxygens (including phenoxy) is 2. The highest BCUT2D eigenvalue weighted by Gasteiger charge is 2.39. The molecule has 4 rings (SSSR count). The van der Waals surface area contributed by atoms with Crippen molar-refractivity contribution >= 4 is 11.7 Å². The molecule has 0 radical (unpaired) electrons. The SMILES string of the molecule is O=C(O)Cn1nnc(-c2ccc(N3CCC4(CC3)OCCO4)cc2)n1. The van der Waals surface area contributed by atoms with Crippen molar-refractivity contribution in [1.82, 2.24) is 20.2 Å². The fourth-order valence-corrected chi connectivity index (χ4v) is 3.26. The number of aromatic nitrogens is 4. The third-order valence-electron chi connectivity index (χ3n) is 4.56. The van der Waals surface area contributed by atoms with E-state index < -0.39 is 5.97 Å². The van der Waals surface area contributed by atoms with E-state index in [1.54, 1.807) is 0 Å². The van der Waals surface area contributed by atoms with Gasteiger partial charge in [0.25, 0.3) is 0 Å². The monoisotopic (exact) mass is 345 g/mol. The van der Waals surface area contributed by atoms with Gasteiger partial charge in [-0.1, -0.05) is 0 Å². The van der Waals surface area contributed by atoms with Crippen molar-refractivity contribution in [1.29, 1.82) is 0 Å². The Hall–Kier alpha value is -2.52. The van der Waals surface area contributed by atoms with E-state index in [4.69, 9.17) is 14.6 Å². The van der Waals surface area contributed by atoms with Crippen molar-refractivity contribution in [3.05, 3.63) is 24.3 Å². The molecule has 0 unspecified atom stereocenters. The van der Waals surface area contributed by atoms with Gasteiger partial charge in [0, 0.05) is 37.2 Å². The van der Waals surface area contributed by atoms with E-state index in [0.29, 0.717) is 19.0 Å². The smallest absolute Gasteiger partial charge is 0.327 e. The van der Waals surface area contributed by atoms with Crippen LogP contribution in [0.15, 0.2) is 24.3 Å². The van der Waals surface area contributed by atoms with Crippen molar-refractivity contribution in [2.75, 3.05) is 31.2 Å². The summed E-state index contributed by atoms with van der Waals surface area (Å²) in [5, 5.41) is 20.5. The van der Waals surface area contributed by atoms with Gasteiger partial charge in [-0.3, -0.25) is 4.79 Å². The van der Waals surface area contributed by atoms with Crippen LogP contribution in [0.3, 0.4) is 0 Å². The molecule has 132 valence electrons. The Morgan fingerprint density at radius 2 is 1.84 bits per heavy atom. The van der Waals surface area contributed by atoms with E-state index in [9.17, 15) is 4.79 Å². The minimum atomic E-state index is -1.00. The maximum atomic E-state index is 10.7. The number of tetrazole rings is 1. The van der Waals surface area contributed by atoms with E-state index in [1.807, 2.05) is 24.3 Å². The lowest BCUT2D eigenvalue weighted by atomic mass is 10.0. The predicted molar refractivity (Wildman–Crippen MR) is 87.0 cm³/mol. The first-order valence-electron chi connectivity index (χ1n) is 8.26. The third kappa shape index (κ3) is 3.33. The summed E-state index contributed by atoms with van der Waals surface area (Å²) in [5.74, 6) is -0.959. The second kappa shape index (κ2) is 6.41. The molecule has 1 aromatic heterocycles. The molecule has 25 heavy (non-hydrogen) atoms. The highest BCUT2D eigenvalue weighted by Crippen LogP contribution is 2.33. The van der Waals surface area contributed by atoms with Crippen LogP contribution < -0.4 is 4.90 Å². The third-order valence-corrected chi connectivity index (χ3v) is 4.56. The Morgan fingerprint density at radius 1 is 1.16 bits per heavy atom. The highest BCUT2D eigenvalue weighted by atomic mass is 16.7. The number of carbonyl (C=O) groups is 1. The molecule has 1 N–H and O–H groups in total. The molecule has 2 aliphatic heterocycles. The van der Waals surface area contributed by atoms with Crippen LogP contribution >= 0.6 is 0 Å². The number of piperidine rings is 1.